The lowest BCUT2D eigenvalue weighted by Gasteiger charge is -2.18. The highest BCUT2D eigenvalue weighted by Crippen LogP contribution is 2.22. The smallest absolute Gasteiger partial charge is 0.267 e. The molecule has 0 unspecified atom stereocenters. The number of hydrogen-bond donors (Lipinski definition) is 1. The van der Waals surface area contributed by atoms with Gasteiger partial charge in [0, 0.05) is 16.0 Å². The first-order valence-electron chi connectivity index (χ1n) is 6.86. The number of nitrogens with one attached hydrogen (secondary N) is 1. The van der Waals surface area contributed by atoms with Crippen LogP contribution in [0.3, 0.4) is 0 Å². The number of thiophene rings is 1. The molecule has 3 nitrogen and oxygen atoms in total. The van der Waals surface area contributed by atoms with Gasteiger partial charge in [-0.2, -0.15) is 5.10 Å². The van der Waals surface area contributed by atoms with Crippen molar-refractivity contribution in [2.75, 3.05) is 0 Å². The van der Waals surface area contributed by atoms with Crippen LogP contribution in [0.15, 0.2) is 40.8 Å². The van der Waals surface area contributed by atoms with Gasteiger partial charge in [-0.25, -0.2) is 5.43 Å². The van der Waals surface area contributed by atoms with Crippen LogP contribution in [0.5, 0.6) is 0 Å². The van der Waals surface area contributed by atoms with Gasteiger partial charge in [-0.1, -0.05) is 32.9 Å². The largest absolute Gasteiger partial charge is 0.271 e. The molecule has 110 valence electrons. The van der Waals surface area contributed by atoms with Crippen LogP contribution in [-0.4, -0.2) is 12.1 Å². The maximum absolute atomic E-state index is 12.0. The van der Waals surface area contributed by atoms with Crippen molar-refractivity contribution in [1.29, 1.82) is 0 Å². The molecule has 0 fully saturated rings. The summed E-state index contributed by atoms with van der Waals surface area (Å²) in [6.07, 6.45) is 1.67. The van der Waals surface area contributed by atoms with E-state index in [1.165, 1.54) is 10.4 Å². The van der Waals surface area contributed by atoms with Crippen molar-refractivity contribution in [3.8, 4) is 0 Å². The van der Waals surface area contributed by atoms with Crippen LogP contribution in [0.2, 0.25) is 0 Å². The van der Waals surface area contributed by atoms with E-state index >= 15 is 0 Å². The third-order valence-electron chi connectivity index (χ3n) is 3.28. The molecule has 1 amide bonds. The van der Waals surface area contributed by atoms with Crippen LogP contribution >= 0.6 is 11.3 Å². The Balaban J connectivity index is 2.01. The minimum absolute atomic E-state index is 0.0869. The van der Waals surface area contributed by atoms with Gasteiger partial charge in [-0.05, 0) is 41.5 Å². The number of rotatable bonds is 3. The first-order chi connectivity index (χ1) is 9.88. The molecule has 0 aliphatic heterocycles. The van der Waals surface area contributed by atoms with E-state index in [0.29, 0.717) is 5.56 Å². The molecule has 1 aromatic heterocycles. The Morgan fingerprint density at radius 1 is 1.19 bits per heavy atom. The molecule has 0 atom stereocenters. The zero-order chi connectivity index (χ0) is 15.5. The molecule has 0 aliphatic carbocycles. The van der Waals surface area contributed by atoms with Crippen molar-refractivity contribution < 1.29 is 4.79 Å². The van der Waals surface area contributed by atoms with Crippen molar-refractivity contribution in [3.63, 3.8) is 0 Å². The fourth-order valence-electron chi connectivity index (χ4n) is 1.88. The summed E-state index contributed by atoms with van der Waals surface area (Å²) in [5.74, 6) is -0.195. The Kier molecular flexibility index (Phi) is 4.58. The van der Waals surface area contributed by atoms with E-state index in [0.717, 1.165) is 5.56 Å². The van der Waals surface area contributed by atoms with Crippen LogP contribution in [0, 0.1) is 6.92 Å². The summed E-state index contributed by atoms with van der Waals surface area (Å²) in [6.45, 7) is 8.47. The number of carbonyl (C=O) groups excluding carboxylic acids is 1. The monoisotopic (exact) mass is 300 g/mol. The summed E-state index contributed by atoms with van der Waals surface area (Å²) in [4.78, 5) is 13.2. The Hall–Kier alpha value is -1.94. The molecule has 4 heteroatoms. The zero-order valence-corrected chi connectivity index (χ0v) is 13.6. The second kappa shape index (κ2) is 6.22. The molecule has 1 aromatic carbocycles. The molecule has 0 saturated heterocycles. The van der Waals surface area contributed by atoms with E-state index in [1.807, 2.05) is 42.6 Å². The number of hydrogen-bond acceptors (Lipinski definition) is 3. The molecule has 2 aromatic rings. The molecule has 1 heterocycles. The fraction of sp³-hybridized carbons (Fsp3) is 0.294. The third-order valence-corrected chi connectivity index (χ3v) is 4.14. The second-order valence-electron chi connectivity index (χ2n) is 5.96. The van der Waals surface area contributed by atoms with Gasteiger partial charge in [0.25, 0.3) is 5.91 Å². The number of carbonyl (C=O) groups is 1. The predicted octanol–water partition coefficient (Wildman–Crippen LogP) is 4.12. The summed E-state index contributed by atoms with van der Waals surface area (Å²) in [7, 11) is 0. The van der Waals surface area contributed by atoms with Crippen LogP contribution in [0.4, 0.5) is 0 Å². The van der Waals surface area contributed by atoms with E-state index < -0.39 is 0 Å². The average molecular weight is 300 g/mol. The van der Waals surface area contributed by atoms with Crippen LogP contribution in [0.25, 0.3) is 0 Å². The first kappa shape index (κ1) is 15.4. The highest BCUT2D eigenvalue weighted by atomic mass is 32.1. The van der Waals surface area contributed by atoms with E-state index in [1.54, 1.807) is 17.6 Å². The third kappa shape index (κ3) is 4.02. The van der Waals surface area contributed by atoms with Crippen LogP contribution in [0.1, 0.15) is 47.1 Å². The van der Waals surface area contributed by atoms with E-state index in [9.17, 15) is 4.79 Å². The lowest BCUT2D eigenvalue weighted by molar-refractivity contribution is 0.0955. The molecular formula is C17H20N2OS. The van der Waals surface area contributed by atoms with Gasteiger partial charge in [-0.15, -0.1) is 11.3 Å². The topological polar surface area (TPSA) is 41.5 Å². The molecule has 0 bridgehead atoms. The van der Waals surface area contributed by atoms with Gasteiger partial charge in [0.05, 0.1) is 6.21 Å². The average Bonchev–Trinajstić information content (AvgIpc) is 2.83. The number of hydrazone groups is 1. The Morgan fingerprint density at radius 3 is 2.38 bits per heavy atom. The van der Waals surface area contributed by atoms with Crippen LogP contribution < -0.4 is 5.43 Å². The van der Waals surface area contributed by atoms with Crippen molar-refractivity contribution in [2.45, 2.75) is 33.1 Å². The maximum Gasteiger partial charge on any atom is 0.271 e. The van der Waals surface area contributed by atoms with Gasteiger partial charge in [0.2, 0.25) is 0 Å². The molecule has 0 aliphatic rings. The minimum atomic E-state index is -0.195. The van der Waals surface area contributed by atoms with Gasteiger partial charge in [-0.3, -0.25) is 4.79 Å². The van der Waals surface area contributed by atoms with Gasteiger partial charge in [0.15, 0.2) is 0 Å². The Bertz CT molecular complexity index is 648. The number of aryl methyl sites for hydroxylation is 1. The summed E-state index contributed by atoms with van der Waals surface area (Å²) in [5.41, 5.74) is 5.49. The molecule has 2 rings (SSSR count). The number of benzene rings is 1. The minimum Gasteiger partial charge on any atom is -0.267 e. The summed E-state index contributed by atoms with van der Waals surface area (Å²) in [6, 6.07) is 9.62. The highest BCUT2D eigenvalue weighted by molar-refractivity contribution is 7.10. The standard InChI is InChI=1S/C17H20N2OS/c1-12-14(9-10-21-12)11-18-19-16(20)13-5-7-15(8-6-13)17(2,3)4/h5-11H,1-4H3,(H,19,20). The van der Waals surface area contributed by atoms with Crippen molar-refractivity contribution in [1.82, 2.24) is 5.43 Å². The summed E-state index contributed by atoms with van der Waals surface area (Å²) in [5, 5.41) is 6.01. The first-order valence-corrected chi connectivity index (χ1v) is 7.74. The SMILES string of the molecule is Cc1sccc1C=NNC(=O)c1ccc(C(C)(C)C)cc1. The number of nitrogens with zero attached hydrogens (tertiary/aromatic N) is 1. The lowest BCUT2D eigenvalue weighted by atomic mass is 9.87. The van der Waals surface area contributed by atoms with Gasteiger partial charge < -0.3 is 0 Å². The van der Waals surface area contributed by atoms with Crippen molar-refractivity contribution in [3.05, 3.63) is 57.3 Å². The quantitative estimate of drug-likeness (QED) is 0.672. The predicted molar refractivity (Wildman–Crippen MR) is 89.3 cm³/mol. The summed E-state index contributed by atoms with van der Waals surface area (Å²) < 4.78 is 0. The normalized spacial score (nSPS) is 11.8. The number of amides is 1. The maximum atomic E-state index is 12.0. The van der Waals surface area contributed by atoms with E-state index in [4.69, 9.17) is 0 Å². The molecule has 0 saturated carbocycles. The van der Waals surface area contributed by atoms with E-state index in [-0.39, 0.29) is 11.3 Å². The summed E-state index contributed by atoms with van der Waals surface area (Å²) >= 11 is 1.66. The van der Waals surface area contributed by atoms with E-state index in [2.05, 4.69) is 31.3 Å². The fourth-order valence-corrected chi connectivity index (χ4v) is 2.55. The molecular weight excluding hydrogens is 280 g/mol. The molecule has 0 spiro atoms. The zero-order valence-electron chi connectivity index (χ0n) is 12.8. The Labute approximate surface area is 129 Å². The molecule has 21 heavy (non-hydrogen) atoms. The van der Waals surface area contributed by atoms with Crippen LogP contribution in [-0.2, 0) is 5.41 Å². The van der Waals surface area contributed by atoms with Gasteiger partial charge >= 0.3 is 0 Å². The second-order valence-corrected chi connectivity index (χ2v) is 7.08. The van der Waals surface area contributed by atoms with Crippen molar-refractivity contribution in [2.24, 2.45) is 5.10 Å². The highest BCUT2D eigenvalue weighted by Gasteiger charge is 2.14. The molecule has 0 radical (unpaired) electrons. The van der Waals surface area contributed by atoms with Crippen molar-refractivity contribution >= 4 is 23.5 Å². The molecule has 1 N–H and O–H groups in total. The van der Waals surface area contributed by atoms with Gasteiger partial charge in [0.1, 0.15) is 0 Å². The lowest BCUT2D eigenvalue weighted by Crippen LogP contribution is -2.18. The Morgan fingerprint density at radius 2 is 1.86 bits per heavy atom.